The number of ether oxygens (including phenoxy) is 1. The molecule has 7 nitrogen and oxygen atoms in total. The van der Waals surface area contributed by atoms with Gasteiger partial charge in [-0.25, -0.2) is 8.42 Å². The Morgan fingerprint density at radius 3 is 2.24 bits per heavy atom. The fourth-order valence-electron chi connectivity index (χ4n) is 1.84. The van der Waals surface area contributed by atoms with Crippen LogP contribution >= 0.6 is 0 Å². The number of amides is 2. The lowest BCUT2D eigenvalue weighted by Crippen LogP contribution is -2.47. The van der Waals surface area contributed by atoms with E-state index in [1.807, 2.05) is 6.07 Å². The standard InChI is InChI=1S/C13H12N2O5S/c14-7-10-1-3-11(4-2-10)21(18,19)6-5-15-12(16)8-20-9-13(15)17/h1-4H,5-6,8-9H2. The van der Waals surface area contributed by atoms with E-state index >= 15 is 0 Å². The Morgan fingerprint density at radius 1 is 1.14 bits per heavy atom. The average molecular weight is 308 g/mol. The highest BCUT2D eigenvalue weighted by atomic mass is 32.2. The maximum absolute atomic E-state index is 12.1. The molecule has 0 bridgehead atoms. The second-order valence-electron chi connectivity index (χ2n) is 4.39. The number of carbonyl (C=O) groups excluding carboxylic acids is 2. The molecule has 1 fully saturated rings. The Morgan fingerprint density at radius 2 is 1.71 bits per heavy atom. The number of benzene rings is 1. The summed E-state index contributed by atoms with van der Waals surface area (Å²) >= 11 is 0. The van der Waals surface area contributed by atoms with Crippen molar-refractivity contribution in [2.75, 3.05) is 25.5 Å². The highest BCUT2D eigenvalue weighted by Crippen LogP contribution is 2.13. The van der Waals surface area contributed by atoms with Crippen LogP contribution in [0.1, 0.15) is 5.56 Å². The number of imide groups is 1. The van der Waals surface area contributed by atoms with Gasteiger partial charge in [0.15, 0.2) is 9.84 Å². The smallest absolute Gasteiger partial charge is 0.255 e. The Bertz CT molecular complexity index is 687. The van der Waals surface area contributed by atoms with E-state index in [0.29, 0.717) is 5.56 Å². The van der Waals surface area contributed by atoms with Crippen molar-refractivity contribution >= 4 is 21.7 Å². The van der Waals surface area contributed by atoms with Crippen LogP contribution in [0, 0.1) is 11.3 Å². The molecule has 21 heavy (non-hydrogen) atoms. The molecule has 1 aromatic rings. The number of rotatable bonds is 4. The summed E-state index contributed by atoms with van der Waals surface area (Å²) < 4.78 is 29.0. The SMILES string of the molecule is N#Cc1ccc(S(=O)(=O)CCN2C(=O)COCC2=O)cc1. The van der Waals surface area contributed by atoms with Crippen molar-refractivity contribution in [3.8, 4) is 6.07 Å². The summed E-state index contributed by atoms with van der Waals surface area (Å²) in [5, 5.41) is 8.67. The minimum absolute atomic E-state index is 0.0506. The van der Waals surface area contributed by atoms with Crippen molar-refractivity contribution in [1.82, 2.24) is 4.90 Å². The minimum atomic E-state index is -3.63. The van der Waals surface area contributed by atoms with Gasteiger partial charge in [-0.3, -0.25) is 14.5 Å². The zero-order chi connectivity index (χ0) is 15.5. The van der Waals surface area contributed by atoms with Crippen molar-refractivity contribution in [3.05, 3.63) is 29.8 Å². The molecule has 1 saturated heterocycles. The van der Waals surface area contributed by atoms with Crippen molar-refractivity contribution in [2.45, 2.75) is 4.90 Å². The van der Waals surface area contributed by atoms with E-state index in [2.05, 4.69) is 0 Å². The Balaban J connectivity index is 2.08. The molecule has 0 spiro atoms. The van der Waals surface area contributed by atoms with Crippen LogP contribution in [0.15, 0.2) is 29.2 Å². The molecule has 0 saturated carbocycles. The number of carbonyl (C=O) groups is 2. The summed E-state index contributed by atoms with van der Waals surface area (Å²) in [6.45, 7) is -0.644. The van der Waals surface area contributed by atoms with Crippen LogP contribution in [0.4, 0.5) is 0 Å². The number of hydrogen-bond acceptors (Lipinski definition) is 6. The third-order valence-electron chi connectivity index (χ3n) is 2.98. The van der Waals surface area contributed by atoms with Gasteiger partial charge in [-0.15, -0.1) is 0 Å². The molecule has 2 amide bonds. The fraction of sp³-hybridized carbons (Fsp3) is 0.308. The molecular formula is C13H12N2O5S. The highest BCUT2D eigenvalue weighted by molar-refractivity contribution is 7.91. The van der Waals surface area contributed by atoms with Gasteiger partial charge >= 0.3 is 0 Å². The first-order valence-corrected chi connectivity index (χ1v) is 7.73. The normalized spacial score (nSPS) is 15.9. The maximum atomic E-state index is 12.1. The molecule has 0 aromatic heterocycles. The van der Waals surface area contributed by atoms with Gasteiger partial charge in [0.1, 0.15) is 13.2 Å². The molecule has 8 heteroatoms. The molecule has 110 valence electrons. The maximum Gasteiger partial charge on any atom is 0.255 e. The van der Waals surface area contributed by atoms with Crippen LogP contribution in [-0.4, -0.2) is 50.6 Å². The van der Waals surface area contributed by atoms with E-state index in [0.717, 1.165) is 4.90 Å². The van der Waals surface area contributed by atoms with Gasteiger partial charge in [-0.1, -0.05) is 0 Å². The van der Waals surface area contributed by atoms with E-state index in [1.165, 1.54) is 24.3 Å². The Labute approximate surface area is 121 Å². The van der Waals surface area contributed by atoms with E-state index in [9.17, 15) is 18.0 Å². The van der Waals surface area contributed by atoms with Crippen LogP contribution in [0.2, 0.25) is 0 Å². The zero-order valence-electron chi connectivity index (χ0n) is 11.0. The molecule has 1 heterocycles. The summed E-state index contributed by atoms with van der Waals surface area (Å²) in [6, 6.07) is 7.36. The van der Waals surface area contributed by atoms with Crippen LogP contribution in [-0.2, 0) is 24.2 Å². The zero-order valence-corrected chi connectivity index (χ0v) is 11.8. The predicted molar refractivity (Wildman–Crippen MR) is 70.7 cm³/mol. The van der Waals surface area contributed by atoms with E-state index in [-0.39, 0.29) is 30.4 Å². The number of hydrogen-bond donors (Lipinski definition) is 0. The monoisotopic (exact) mass is 308 g/mol. The van der Waals surface area contributed by atoms with Crippen molar-refractivity contribution in [2.24, 2.45) is 0 Å². The average Bonchev–Trinajstić information content (AvgIpc) is 2.47. The van der Waals surface area contributed by atoms with Crippen LogP contribution < -0.4 is 0 Å². The summed E-state index contributed by atoms with van der Waals surface area (Å²) in [4.78, 5) is 23.9. The summed E-state index contributed by atoms with van der Waals surface area (Å²) in [5.74, 6) is -1.45. The van der Waals surface area contributed by atoms with Gasteiger partial charge in [-0.05, 0) is 24.3 Å². The first-order chi connectivity index (χ1) is 9.94. The Hall–Kier alpha value is -2.24. The second kappa shape index (κ2) is 6.03. The molecule has 1 aromatic carbocycles. The number of morpholine rings is 1. The van der Waals surface area contributed by atoms with Gasteiger partial charge in [-0.2, -0.15) is 5.26 Å². The van der Waals surface area contributed by atoms with Crippen molar-refractivity contribution < 1.29 is 22.7 Å². The van der Waals surface area contributed by atoms with E-state index in [1.54, 1.807) is 0 Å². The van der Waals surface area contributed by atoms with Crippen LogP contribution in [0.5, 0.6) is 0 Å². The third-order valence-corrected chi connectivity index (χ3v) is 4.69. The first-order valence-electron chi connectivity index (χ1n) is 6.08. The van der Waals surface area contributed by atoms with Gasteiger partial charge in [0.05, 0.1) is 22.3 Å². The quantitative estimate of drug-likeness (QED) is 0.708. The van der Waals surface area contributed by atoms with E-state index in [4.69, 9.17) is 10.00 Å². The lowest BCUT2D eigenvalue weighted by molar-refractivity contribution is -0.158. The third kappa shape index (κ3) is 3.45. The van der Waals surface area contributed by atoms with Crippen LogP contribution in [0.3, 0.4) is 0 Å². The van der Waals surface area contributed by atoms with Crippen molar-refractivity contribution in [3.63, 3.8) is 0 Å². The summed E-state index contributed by atoms with van der Waals surface area (Å²) in [6.07, 6.45) is 0. The molecule has 2 rings (SSSR count). The van der Waals surface area contributed by atoms with E-state index < -0.39 is 21.7 Å². The second-order valence-corrected chi connectivity index (χ2v) is 6.50. The lowest BCUT2D eigenvalue weighted by atomic mass is 10.2. The van der Waals surface area contributed by atoms with Crippen LogP contribution in [0.25, 0.3) is 0 Å². The molecule has 0 N–H and O–H groups in total. The van der Waals surface area contributed by atoms with Crippen molar-refractivity contribution in [1.29, 1.82) is 5.26 Å². The molecule has 0 radical (unpaired) electrons. The number of sulfone groups is 1. The largest absolute Gasteiger partial charge is 0.362 e. The summed E-state index contributed by atoms with van der Waals surface area (Å²) in [7, 11) is -3.63. The molecule has 1 aliphatic rings. The topological polar surface area (TPSA) is 105 Å². The predicted octanol–water partition coefficient (Wildman–Crippen LogP) is -0.283. The number of nitrogens with zero attached hydrogens (tertiary/aromatic N) is 2. The summed E-state index contributed by atoms with van der Waals surface area (Å²) in [5.41, 5.74) is 0.354. The van der Waals surface area contributed by atoms with Gasteiger partial charge in [0.25, 0.3) is 11.8 Å². The first kappa shape index (κ1) is 15.2. The molecule has 0 atom stereocenters. The number of nitriles is 1. The minimum Gasteiger partial charge on any atom is -0.362 e. The Kier molecular flexibility index (Phi) is 4.35. The molecule has 0 aliphatic carbocycles. The fourth-order valence-corrected chi connectivity index (χ4v) is 3.05. The van der Waals surface area contributed by atoms with Gasteiger partial charge in [0, 0.05) is 6.54 Å². The molecular weight excluding hydrogens is 296 g/mol. The van der Waals surface area contributed by atoms with Gasteiger partial charge in [0.2, 0.25) is 0 Å². The highest BCUT2D eigenvalue weighted by Gasteiger charge is 2.28. The lowest BCUT2D eigenvalue weighted by Gasteiger charge is -2.24. The molecule has 1 aliphatic heterocycles. The molecule has 0 unspecified atom stereocenters. The van der Waals surface area contributed by atoms with Gasteiger partial charge < -0.3 is 4.74 Å².